The number of aryl methyl sites for hydroxylation is 1. The van der Waals surface area contributed by atoms with E-state index in [2.05, 4.69) is 63.9 Å². The first kappa shape index (κ1) is 16.5. The Morgan fingerprint density at radius 2 is 2.05 bits per heavy atom. The quantitative estimate of drug-likeness (QED) is 0.628. The first-order valence-electron chi connectivity index (χ1n) is 7.43. The van der Waals surface area contributed by atoms with Crippen LogP contribution in [0.3, 0.4) is 0 Å². The molecule has 0 aliphatic heterocycles. The molecule has 0 saturated heterocycles. The first-order valence-corrected chi connectivity index (χ1v) is 9.10. The van der Waals surface area contributed by atoms with Gasteiger partial charge < -0.3 is 10.1 Å². The van der Waals surface area contributed by atoms with Gasteiger partial charge in [0.2, 0.25) is 0 Å². The van der Waals surface area contributed by atoms with Crippen molar-refractivity contribution in [2.75, 3.05) is 13.2 Å². The third-order valence-electron chi connectivity index (χ3n) is 3.21. The van der Waals surface area contributed by atoms with E-state index in [1.807, 2.05) is 0 Å². The summed E-state index contributed by atoms with van der Waals surface area (Å²) in [5.74, 6) is 0.955. The molecular weight excluding hydrogens is 346 g/mol. The molecule has 0 aliphatic carbocycles. The molecule has 0 amide bonds. The van der Waals surface area contributed by atoms with Crippen LogP contribution in [-0.4, -0.2) is 13.2 Å². The van der Waals surface area contributed by atoms with Crippen molar-refractivity contribution in [1.29, 1.82) is 0 Å². The number of unbranched alkanes of at least 4 members (excludes halogenated alkanes) is 1. The van der Waals surface area contributed by atoms with Crippen molar-refractivity contribution < 1.29 is 4.74 Å². The highest BCUT2D eigenvalue weighted by Gasteiger charge is 1.98. The van der Waals surface area contributed by atoms with Crippen LogP contribution in [0.4, 0.5) is 0 Å². The van der Waals surface area contributed by atoms with Crippen LogP contribution in [0.2, 0.25) is 0 Å². The summed E-state index contributed by atoms with van der Waals surface area (Å²) >= 11 is 5.23. The lowest BCUT2D eigenvalue weighted by molar-refractivity contribution is 0.314. The topological polar surface area (TPSA) is 21.3 Å². The number of benzene rings is 1. The average molecular weight is 368 g/mol. The van der Waals surface area contributed by atoms with Crippen molar-refractivity contribution in [1.82, 2.24) is 5.32 Å². The summed E-state index contributed by atoms with van der Waals surface area (Å²) in [6.45, 7) is 4.67. The highest BCUT2D eigenvalue weighted by molar-refractivity contribution is 9.10. The molecule has 1 aromatic carbocycles. The maximum atomic E-state index is 5.74. The van der Waals surface area contributed by atoms with Crippen molar-refractivity contribution in [2.24, 2.45) is 0 Å². The molecule has 1 aromatic heterocycles. The minimum atomic E-state index is 0.695. The van der Waals surface area contributed by atoms with Crippen molar-refractivity contribution in [2.45, 2.75) is 32.7 Å². The number of ether oxygens (including phenoxy) is 1. The predicted molar refractivity (Wildman–Crippen MR) is 94.3 cm³/mol. The Balaban J connectivity index is 1.62. The van der Waals surface area contributed by atoms with E-state index in [0.717, 1.165) is 29.7 Å². The second-order valence-corrected chi connectivity index (χ2v) is 6.92. The standard InChI is InChI=1S/C17H22BrNOS/c1-2-3-4-14-5-7-16(8-6-14)20-10-9-19-12-17-11-15(18)13-21-17/h5-8,11,13,19H,2-4,9-10,12H2,1H3. The Labute approximate surface area is 139 Å². The SMILES string of the molecule is CCCCc1ccc(OCCNCc2cc(Br)cs2)cc1. The molecular formula is C17H22BrNOS. The van der Waals surface area contributed by atoms with Crippen LogP contribution in [0.15, 0.2) is 40.2 Å². The fraction of sp³-hybridized carbons (Fsp3) is 0.412. The van der Waals surface area contributed by atoms with Crippen LogP contribution in [-0.2, 0) is 13.0 Å². The summed E-state index contributed by atoms with van der Waals surface area (Å²) in [7, 11) is 0. The number of hydrogen-bond acceptors (Lipinski definition) is 3. The van der Waals surface area contributed by atoms with Crippen molar-refractivity contribution in [3.8, 4) is 5.75 Å². The minimum Gasteiger partial charge on any atom is -0.492 e. The summed E-state index contributed by atoms with van der Waals surface area (Å²) in [6.07, 6.45) is 3.66. The summed E-state index contributed by atoms with van der Waals surface area (Å²) in [4.78, 5) is 1.34. The molecule has 0 fully saturated rings. The minimum absolute atomic E-state index is 0.695. The molecule has 2 aromatic rings. The first-order chi connectivity index (χ1) is 10.3. The molecule has 21 heavy (non-hydrogen) atoms. The second-order valence-electron chi connectivity index (χ2n) is 5.00. The predicted octanol–water partition coefficient (Wildman–Crippen LogP) is 5.02. The fourth-order valence-electron chi connectivity index (χ4n) is 2.03. The summed E-state index contributed by atoms with van der Waals surface area (Å²) in [5.41, 5.74) is 1.39. The van der Waals surface area contributed by atoms with Crippen molar-refractivity contribution >= 4 is 27.3 Å². The van der Waals surface area contributed by atoms with E-state index in [-0.39, 0.29) is 0 Å². The molecule has 2 nitrogen and oxygen atoms in total. The van der Waals surface area contributed by atoms with Gasteiger partial charge in [0.15, 0.2) is 0 Å². The van der Waals surface area contributed by atoms with E-state index in [4.69, 9.17) is 4.74 Å². The molecule has 1 heterocycles. The molecule has 0 unspecified atom stereocenters. The Morgan fingerprint density at radius 3 is 2.71 bits per heavy atom. The van der Waals surface area contributed by atoms with Crippen molar-refractivity contribution in [3.05, 3.63) is 50.6 Å². The third kappa shape index (κ3) is 6.20. The van der Waals surface area contributed by atoms with Gasteiger partial charge in [0, 0.05) is 27.8 Å². The van der Waals surface area contributed by atoms with Gasteiger partial charge in [0.05, 0.1) is 0 Å². The van der Waals surface area contributed by atoms with Gasteiger partial charge in [-0.05, 0) is 52.5 Å². The number of nitrogens with one attached hydrogen (secondary N) is 1. The Morgan fingerprint density at radius 1 is 1.24 bits per heavy atom. The van der Waals surface area contributed by atoms with Crippen LogP contribution in [0.25, 0.3) is 0 Å². The lowest BCUT2D eigenvalue weighted by Gasteiger charge is -2.08. The highest BCUT2D eigenvalue weighted by atomic mass is 79.9. The van der Waals surface area contributed by atoms with E-state index in [1.165, 1.54) is 23.3 Å². The van der Waals surface area contributed by atoms with Gasteiger partial charge in [-0.1, -0.05) is 25.5 Å². The number of rotatable bonds is 9. The average Bonchev–Trinajstić information content (AvgIpc) is 2.91. The van der Waals surface area contributed by atoms with E-state index in [1.54, 1.807) is 11.3 Å². The van der Waals surface area contributed by atoms with Crippen LogP contribution < -0.4 is 10.1 Å². The number of hydrogen-bond donors (Lipinski definition) is 1. The third-order valence-corrected chi connectivity index (χ3v) is 4.91. The van der Waals surface area contributed by atoms with E-state index < -0.39 is 0 Å². The van der Waals surface area contributed by atoms with E-state index >= 15 is 0 Å². The molecule has 0 bridgehead atoms. The largest absolute Gasteiger partial charge is 0.492 e. The van der Waals surface area contributed by atoms with Crippen molar-refractivity contribution in [3.63, 3.8) is 0 Å². The van der Waals surface area contributed by atoms with Gasteiger partial charge in [-0.15, -0.1) is 11.3 Å². The Hall–Kier alpha value is -0.840. The van der Waals surface area contributed by atoms with Gasteiger partial charge in [0.1, 0.15) is 12.4 Å². The number of halogens is 1. The molecule has 0 radical (unpaired) electrons. The summed E-state index contributed by atoms with van der Waals surface area (Å²) in [5, 5.41) is 5.49. The highest BCUT2D eigenvalue weighted by Crippen LogP contribution is 2.19. The van der Waals surface area contributed by atoms with Crippen LogP contribution >= 0.6 is 27.3 Å². The maximum absolute atomic E-state index is 5.74. The summed E-state index contributed by atoms with van der Waals surface area (Å²) < 4.78 is 6.90. The van der Waals surface area contributed by atoms with Gasteiger partial charge in [-0.25, -0.2) is 0 Å². The zero-order valence-corrected chi connectivity index (χ0v) is 14.8. The molecule has 4 heteroatoms. The van der Waals surface area contributed by atoms with Gasteiger partial charge in [-0.3, -0.25) is 0 Å². The van der Waals surface area contributed by atoms with Gasteiger partial charge >= 0.3 is 0 Å². The van der Waals surface area contributed by atoms with Crippen LogP contribution in [0.1, 0.15) is 30.2 Å². The Kier molecular flexibility index (Phi) is 7.27. The van der Waals surface area contributed by atoms with Crippen LogP contribution in [0, 0.1) is 0 Å². The number of thiophene rings is 1. The Bertz CT molecular complexity index is 524. The van der Waals surface area contributed by atoms with Gasteiger partial charge in [0.25, 0.3) is 0 Å². The van der Waals surface area contributed by atoms with E-state index in [0.29, 0.717) is 6.61 Å². The van der Waals surface area contributed by atoms with E-state index in [9.17, 15) is 0 Å². The molecule has 2 rings (SSSR count). The molecule has 114 valence electrons. The zero-order chi connectivity index (χ0) is 14.9. The lowest BCUT2D eigenvalue weighted by atomic mass is 10.1. The molecule has 1 N–H and O–H groups in total. The molecule has 0 atom stereocenters. The molecule has 0 saturated carbocycles. The van der Waals surface area contributed by atoms with Gasteiger partial charge in [-0.2, -0.15) is 0 Å². The van der Waals surface area contributed by atoms with Crippen LogP contribution in [0.5, 0.6) is 5.75 Å². The molecule has 0 aliphatic rings. The molecule has 0 spiro atoms. The monoisotopic (exact) mass is 367 g/mol. The smallest absolute Gasteiger partial charge is 0.119 e. The second kappa shape index (κ2) is 9.23. The maximum Gasteiger partial charge on any atom is 0.119 e. The normalized spacial score (nSPS) is 10.8. The zero-order valence-electron chi connectivity index (χ0n) is 12.4. The fourth-order valence-corrected chi connectivity index (χ4v) is 3.45. The lowest BCUT2D eigenvalue weighted by Crippen LogP contribution is -2.20. The summed E-state index contributed by atoms with van der Waals surface area (Å²) in [6, 6.07) is 10.6.